The van der Waals surface area contributed by atoms with Crippen molar-refractivity contribution >= 4 is 44.8 Å². The van der Waals surface area contributed by atoms with Crippen molar-refractivity contribution in [3.05, 3.63) is 82.6 Å². The Kier molecular flexibility index (Phi) is 13.1. The number of carbonyl (C=O) groups excluding carboxylic acids is 2. The Morgan fingerprint density at radius 1 is 0.915 bits per heavy atom. The van der Waals surface area contributed by atoms with E-state index in [1.807, 2.05) is 29.2 Å². The first kappa shape index (κ1) is 43.9. The summed E-state index contributed by atoms with van der Waals surface area (Å²) in [5.41, 5.74) is 0.553. The van der Waals surface area contributed by atoms with Gasteiger partial charge in [0.05, 0.1) is 40.3 Å². The molecular weight excluding hydrogens is 809 g/mol. The van der Waals surface area contributed by atoms with Gasteiger partial charge in [0, 0.05) is 99.3 Å². The molecule has 1 aromatic heterocycles. The lowest BCUT2D eigenvalue weighted by Crippen LogP contribution is -2.74. The normalized spacial score (nSPS) is 20.9. The first-order valence-electron chi connectivity index (χ1n) is 19.6. The second-order valence-corrected chi connectivity index (χ2v) is 18.9. The zero-order valence-corrected chi connectivity index (χ0v) is 35.1. The number of nitriles is 1. The van der Waals surface area contributed by atoms with Crippen LogP contribution in [0.15, 0.2) is 60.9 Å². The van der Waals surface area contributed by atoms with E-state index < -0.39 is 32.6 Å². The molecule has 1 aliphatic carbocycles. The lowest BCUT2D eigenvalue weighted by Gasteiger charge is -2.63. The van der Waals surface area contributed by atoms with Crippen molar-refractivity contribution in [2.24, 2.45) is 10.8 Å². The molecule has 3 aromatic rings. The molecule has 18 heteroatoms. The van der Waals surface area contributed by atoms with Crippen molar-refractivity contribution in [2.45, 2.75) is 52.4 Å². The van der Waals surface area contributed by atoms with Crippen LogP contribution in [0.4, 0.5) is 24.5 Å². The van der Waals surface area contributed by atoms with Crippen LogP contribution in [0, 0.1) is 22.2 Å². The Balaban J connectivity index is 0.886. The van der Waals surface area contributed by atoms with Crippen molar-refractivity contribution in [3.63, 3.8) is 0 Å². The maximum atomic E-state index is 13.4. The Morgan fingerprint density at radius 3 is 2.15 bits per heavy atom. The maximum Gasteiger partial charge on any atom is 0.417 e. The molecule has 0 atom stereocenters. The van der Waals surface area contributed by atoms with Crippen LogP contribution in [0.3, 0.4) is 0 Å². The van der Waals surface area contributed by atoms with Gasteiger partial charge in [-0.15, -0.1) is 0 Å². The van der Waals surface area contributed by atoms with E-state index in [0.717, 1.165) is 18.0 Å². The van der Waals surface area contributed by atoms with Gasteiger partial charge in [0.1, 0.15) is 17.9 Å². The van der Waals surface area contributed by atoms with Crippen molar-refractivity contribution in [2.75, 3.05) is 81.0 Å². The van der Waals surface area contributed by atoms with E-state index in [1.54, 1.807) is 23.1 Å². The topological polar surface area (TPSA) is 151 Å². The fourth-order valence-corrected chi connectivity index (χ4v) is 10.3. The van der Waals surface area contributed by atoms with Gasteiger partial charge in [0.25, 0.3) is 5.91 Å². The zero-order chi connectivity index (χ0) is 42.8. The molecule has 1 saturated carbocycles. The molecule has 3 aliphatic rings. The Bertz CT molecular complexity index is 2130. The van der Waals surface area contributed by atoms with Crippen LogP contribution in [0.1, 0.15) is 55.6 Å². The fourth-order valence-electron chi connectivity index (χ4n) is 8.65. The number of hydrogen-bond donors (Lipinski definition) is 2. The molecule has 318 valence electrons. The van der Waals surface area contributed by atoms with Gasteiger partial charge in [-0.05, 0) is 48.9 Å². The highest BCUT2D eigenvalue weighted by atomic mass is 35.5. The van der Waals surface area contributed by atoms with Crippen LogP contribution in [0.25, 0.3) is 0 Å². The predicted octanol–water partition coefficient (Wildman–Crippen LogP) is 5.02. The summed E-state index contributed by atoms with van der Waals surface area (Å²) in [6.07, 6.45) is -2.40. The molecule has 0 bridgehead atoms. The van der Waals surface area contributed by atoms with E-state index in [4.69, 9.17) is 16.3 Å². The highest BCUT2D eigenvalue weighted by Crippen LogP contribution is 2.55. The number of amides is 2. The molecule has 6 rings (SSSR count). The number of nitrogens with zero attached hydrogens (tertiary/aromatic N) is 6. The van der Waals surface area contributed by atoms with Gasteiger partial charge in [-0.3, -0.25) is 19.5 Å². The molecule has 0 spiro atoms. The van der Waals surface area contributed by atoms with Crippen LogP contribution in [-0.4, -0.2) is 118 Å². The third-order valence-corrected chi connectivity index (χ3v) is 13.9. The first-order chi connectivity index (χ1) is 27.8. The van der Waals surface area contributed by atoms with E-state index in [9.17, 15) is 36.4 Å². The first-order valence-corrected chi connectivity index (χ1v) is 21.5. The van der Waals surface area contributed by atoms with Crippen LogP contribution in [0.2, 0.25) is 5.02 Å². The molecule has 3 heterocycles. The number of carbonyl (C=O) groups is 2. The highest BCUT2D eigenvalue weighted by molar-refractivity contribution is 7.89. The van der Waals surface area contributed by atoms with E-state index in [1.165, 1.54) is 10.5 Å². The van der Waals surface area contributed by atoms with Crippen LogP contribution >= 0.6 is 11.6 Å². The minimum absolute atomic E-state index is 0.144. The molecule has 0 unspecified atom stereocenters. The Labute approximate surface area is 348 Å². The summed E-state index contributed by atoms with van der Waals surface area (Å²) in [6.45, 7) is 12.1. The van der Waals surface area contributed by atoms with Gasteiger partial charge in [-0.1, -0.05) is 39.3 Å². The number of rotatable bonds is 13. The van der Waals surface area contributed by atoms with E-state index in [2.05, 4.69) is 54.3 Å². The van der Waals surface area contributed by atoms with Crippen molar-refractivity contribution in [3.8, 4) is 11.8 Å². The van der Waals surface area contributed by atoms with Gasteiger partial charge in [0.15, 0.2) is 0 Å². The van der Waals surface area contributed by atoms with Crippen molar-refractivity contribution in [1.82, 2.24) is 24.8 Å². The van der Waals surface area contributed by atoms with Crippen LogP contribution < -0.4 is 25.2 Å². The average molecular weight is 859 g/mol. The van der Waals surface area contributed by atoms with E-state index in [0.29, 0.717) is 53.8 Å². The Morgan fingerprint density at radius 2 is 1.54 bits per heavy atom. The minimum atomic E-state index is -4.51. The number of anilines is 2. The lowest BCUT2D eigenvalue weighted by atomic mass is 9.49. The number of pyridine rings is 1. The Hall–Kier alpha value is -4.63. The summed E-state index contributed by atoms with van der Waals surface area (Å²) in [5, 5.41) is 15.6. The van der Waals surface area contributed by atoms with Gasteiger partial charge in [-0.2, -0.15) is 22.7 Å². The standard InChI is InChI=1S/C41H50ClF3N8O5S/c1-39(2)37(40(3,4)38(39)58-33-11-8-29(24-46)34(42)23-33)49-36(55)28-6-9-31(10-7-28)51-15-13-50(14-16-51)27-35(54)48-12-5-21-59(56,57)53-19-17-52(18-20-53)32-22-30(25-47-26-32)41(43,44)45/h6-11,22-23,25-26,37-38H,5,12-21,27H2,1-4H3,(H,48,54)(H,49,55). The summed E-state index contributed by atoms with van der Waals surface area (Å²) < 4.78 is 72.9. The molecule has 2 amide bonds. The summed E-state index contributed by atoms with van der Waals surface area (Å²) in [5.74, 6) is 0.0482. The number of sulfonamides is 1. The predicted molar refractivity (Wildman–Crippen MR) is 219 cm³/mol. The molecule has 0 radical (unpaired) electrons. The van der Waals surface area contributed by atoms with Crippen molar-refractivity contribution < 1.29 is 35.9 Å². The molecular formula is C41H50ClF3N8O5S. The number of aromatic nitrogens is 1. The summed E-state index contributed by atoms with van der Waals surface area (Å²) in [6, 6.07) is 15.4. The maximum absolute atomic E-state index is 13.4. The van der Waals surface area contributed by atoms with Gasteiger partial charge >= 0.3 is 6.18 Å². The summed E-state index contributed by atoms with van der Waals surface area (Å²) >= 11 is 6.22. The number of hydrogen-bond acceptors (Lipinski definition) is 10. The van der Waals surface area contributed by atoms with Crippen molar-refractivity contribution in [1.29, 1.82) is 5.26 Å². The zero-order valence-electron chi connectivity index (χ0n) is 33.6. The van der Waals surface area contributed by atoms with E-state index >= 15 is 0 Å². The van der Waals surface area contributed by atoms with Gasteiger partial charge < -0.3 is 25.2 Å². The van der Waals surface area contributed by atoms with Crippen LogP contribution in [-0.2, 0) is 21.0 Å². The van der Waals surface area contributed by atoms with Gasteiger partial charge in [0.2, 0.25) is 15.9 Å². The fraction of sp³-hybridized carbons (Fsp3) is 0.512. The number of ether oxygens (including phenoxy) is 1. The van der Waals surface area contributed by atoms with Crippen LogP contribution in [0.5, 0.6) is 5.75 Å². The largest absolute Gasteiger partial charge is 0.489 e. The van der Waals surface area contributed by atoms with E-state index in [-0.39, 0.29) is 75.4 Å². The minimum Gasteiger partial charge on any atom is -0.489 e. The number of nitrogens with one attached hydrogen (secondary N) is 2. The second kappa shape index (κ2) is 17.5. The smallest absolute Gasteiger partial charge is 0.417 e. The highest BCUT2D eigenvalue weighted by Gasteiger charge is 2.64. The monoisotopic (exact) mass is 858 g/mol. The summed E-state index contributed by atoms with van der Waals surface area (Å²) in [4.78, 5) is 35.7. The third-order valence-electron chi connectivity index (χ3n) is 11.6. The molecule has 13 nitrogen and oxygen atoms in total. The number of benzene rings is 2. The molecule has 2 aromatic carbocycles. The number of halogens is 4. The number of alkyl halides is 3. The molecule has 2 saturated heterocycles. The number of piperazine rings is 2. The lowest BCUT2D eigenvalue weighted by molar-refractivity contribution is -0.164. The second-order valence-electron chi connectivity index (χ2n) is 16.4. The molecule has 2 N–H and O–H groups in total. The van der Waals surface area contributed by atoms with Gasteiger partial charge in [-0.25, -0.2) is 8.42 Å². The molecule has 2 aliphatic heterocycles. The SMILES string of the molecule is CC1(C)C(NC(=O)c2ccc(N3CCN(CC(=O)NCCCS(=O)(=O)N4CCN(c5cncc(C(F)(F)F)c5)CC4)CC3)cc2)C(C)(C)C1Oc1ccc(C#N)c(Cl)c1. The third kappa shape index (κ3) is 10.1. The summed E-state index contributed by atoms with van der Waals surface area (Å²) in [7, 11) is -3.61. The quantitative estimate of drug-likeness (QED) is 0.225. The molecule has 59 heavy (non-hydrogen) atoms. The molecule has 3 fully saturated rings. The average Bonchev–Trinajstić information content (AvgIpc) is 3.20.